The Bertz CT molecular complexity index is 462. The highest BCUT2D eigenvalue weighted by Gasteiger charge is 2.18. The Labute approximate surface area is 126 Å². The van der Waals surface area contributed by atoms with Gasteiger partial charge in [-0.05, 0) is 27.1 Å². The predicted octanol–water partition coefficient (Wildman–Crippen LogP) is 2.28. The van der Waals surface area contributed by atoms with E-state index in [2.05, 4.69) is 14.9 Å². The minimum atomic E-state index is -0.155. The SMILES string of the molecule is CC(C)c1ncc(Cl)c(C(=O)N(C)CCCN(C)C)n1. The van der Waals surface area contributed by atoms with Crippen molar-refractivity contribution in [1.82, 2.24) is 19.8 Å². The fourth-order valence-corrected chi connectivity index (χ4v) is 1.89. The summed E-state index contributed by atoms with van der Waals surface area (Å²) in [5.41, 5.74) is 0.290. The highest BCUT2D eigenvalue weighted by molar-refractivity contribution is 6.33. The van der Waals surface area contributed by atoms with Crippen LogP contribution in [0.15, 0.2) is 6.20 Å². The van der Waals surface area contributed by atoms with Gasteiger partial charge < -0.3 is 9.80 Å². The smallest absolute Gasteiger partial charge is 0.273 e. The Morgan fingerprint density at radius 3 is 2.50 bits per heavy atom. The lowest BCUT2D eigenvalue weighted by Crippen LogP contribution is -2.31. The molecule has 0 radical (unpaired) electrons. The molecule has 0 aromatic carbocycles. The summed E-state index contributed by atoms with van der Waals surface area (Å²) in [5.74, 6) is 0.648. The van der Waals surface area contributed by atoms with Crippen LogP contribution in [0, 0.1) is 0 Å². The van der Waals surface area contributed by atoms with Crippen LogP contribution in [-0.4, -0.2) is 59.9 Å². The average molecular weight is 299 g/mol. The molecule has 1 aromatic rings. The number of nitrogens with zero attached hydrogens (tertiary/aromatic N) is 4. The molecular formula is C14H23ClN4O. The molecule has 0 spiro atoms. The lowest BCUT2D eigenvalue weighted by Gasteiger charge is -2.19. The summed E-state index contributed by atoms with van der Waals surface area (Å²) in [6.07, 6.45) is 2.42. The van der Waals surface area contributed by atoms with Gasteiger partial charge in [-0.1, -0.05) is 25.4 Å². The Hall–Kier alpha value is -1.20. The fourth-order valence-electron chi connectivity index (χ4n) is 1.72. The van der Waals surface area contributed by atoms with Crippen LogP contribution in [0.2, 0.25) is 5.02 Å². The van der Waals surface area contributed by atoms with E-state index in [0.717, 1.165) is 13.0 Å². The second-order valence-corrected chi connectivity index (χ2v) is 5.87. The third-order valence-electron chi connectivity index (χ3n) is 2.93. The Morgan fingerprint density at radius 2 is 1.95 bits per heavy atom. The van der Waals surface area contributed by atoms with E-state index in [9.17, 15) is 4.79 Å². The summed E-state index contributed by atoms with van der Waals surface area (Å²) in [6.45, 7) is 5.58. The van der Waals surface area contributed by atoms with E-state index >= 15 is 0 Å². The second kappa shape index (κ2) is 7.55. The number of carbonyl (C=O) groups excluding carboxylic acids is 1. The number of amides is 1. The molecule has 0 fully saturated rings. The lowest BCUT2D eigenvalue weighted by atomic mass is 10.2. The Kier molecular flexibility index (Phi) is 6.36. The van der Waals surface area contributed by atoms with Crippen LogP contribution < -0.4 is 0 Å². The number of hydrogen-bond acceptors (Lipinski definition) is 4. The second-order valence-electron chi connectivity index (χ2n) is 5.46. The summed E-state index contributed by atoms with van der Waals surface area (Å²) in [5, 5.41) is 0.304. The van der Waals surface area contributed by atoms with Crippen LogP contribution in [0.3, 0.4) is 0 Å². The van der Waals surface area contributed by atoms with Crippen molar-refractivity contribution in [1.29, 1.82) is 0 Å². The largest absolute Gasteiger partial charge is 0.340 e. The lowest BCUT2D eigenvalue weighted by molar-refractivity contribution is 0.0784. The molecule has 1 aromatic heterocycles. The van der Waals surface area contributed by atoms with E-state index in [1.807, 2.05) is 27.9 Å². The molecule has 1 amide bonds. The van der Waals surface area contributed by atoms with Crippen LogP contribution in [0.25, 0.3) is 0 Å². The van der Waals surface area contributed by atoms with Gasteiger partial charge in [0.25, 0.3) is 5.91 Å². The van der Waals surface area contributed by atoms with Crippen LogP contribution in [0.1, 0.15) is 42.5 Å². The number of halogens is 1. The molecule has 0 aliphatic heterocycles. The van der Waals surface area contributed by atoms with Crippen LogP contribution in [0.5, 0.6) is 0 Å². The van der Waals surface area contributed by atoms with Crippen molar-refractivity contribution in [2.45, 2.75) is 26.2 Å². The van der Waals surface area contributed by atoms with Crippen molar-refractivity contribution in [2.24, 2.45) is 0 Å². The molecule has 0 unspecified atom stereocenters. The molecule has 1 rings (SSSR count). The van der Waals surface area contributed by atoms with E-state index < -0.39 is 0 Å². The molecule has 0 bridgehead atoms. The first-order chi connectivity index (χ1) is 9.32. The molecule has 1 heterocycles. The zero-order valence-corrected chi connectivity index (χ0v) is 13.6. The molecule has 0 aliphatic carbocycles. The highest BCUT2D eigenvalue weighted by atomic mass is 35.5. The van der Waals surface area contributed by atoms with Gasteiger partial charge in [0.05, 0.1) is 11.2 Å². The van der Waals surface area contributed by atoms with Gasteiger partial charge in [-0.25, -0.2) is 9.97 Å². The quantitative estimate of drug-likeness (QED) is 0.808. The van der Waals surface area contributed by atoms with Gasteiger partial charge in [0.1, 0.15) is 5.82 Å². The van der Waals surface area contributed by atoms with Crippen molar-refractivity contribution < 1.29 is 4.79 Å². The Balaban J connectivity index is 2.77. The minimum Gasteiger partial charge on any atom is -0.340 e. The molecule has 0 N–H and O–H groups in total. The van der Waals surface area contributed by atoms with Gasteiger partial charge in [-0.15, -0.1) is 0 Å². The van der Waals surface area contributed by atoms with Crippen molar-refractivity contribution in [2.75, 3.05) is 34.2 Å². The van der Waals surface area contributed by atoms with Gasteiger partial charge in [0, 0.05) is 19.5 Å². The summed E-state index contributed by atoms with van der Waals surface area (Å²) >= 11 is 6.04. The van der Waals surface area contributed by atoms with Crippen LogP contribution >= 0.6 is 11.6 Å². The molecule has 0 saturated heterocycles. The summed E-state index contributed by atoms with van der Waals surface area (Å²) in [7, 11) is 5.79. The molecule has 0 atom stereocenters. The van der Waals surface area contributed by atoms with Crippen molar-refractivity contribution in [3.05, 3.63) is 22.7 Å². The zero-order valence-electron chi connectivity index (χ0n) is 12.9. The molecule has 20 heavy (non-hydrogen) atoms. The average Bonchev–Trinajstić information content (AvgIpc) is 2.37. The fraction of sp³-hybridized carbons (Fsp3) is 0.643. The summed E-state index contributed by atoms with van der Waals surface area (Å²) in [6, 6.07) is 0. The summed E-state index contributed by atoms with van der Waals surface area (Å²) in [4.78, 5) is 24.5. The minimum absolute atomic E-state index is 0.155. The number of carbonyl (C=O) groups is 1. The zero-order chi connectivity index (χ0) is 15.3. The topological polar surface area (TPSA) is 49.3 Å². The molecule has 0 saturated carbocycles. The molecule has 5 nitrogen and oxygen atoms in total. The van der Waals surface area contributed by atoms with Crippen molar-refractivity contribution in [3.63, 3.8) is 0 Å². The number of rotatable bonds is 6. The maximum absolute atomic E-state index is 12.4. The van der Waals surface area contributed by atoms with E-state index in [1.165, 1.54) is 6.20 Å². The Morgan fingerprint density at radius 1 is 1.30 bits per heavy atom. The van der Waals surface area contributed by atoms with E-state index in [-0.39, 0.29) is 17.5 Å². The first-order valence-electron chi connectivity index (χ1n) is 6.75. The normalized spacial score (nSPS) is 11.2. The first-order valence-corrected chi connectivity index (χ1v) is 7.13. The van der Waals surface area contributed by atoms with Crippen molar-refractivity contribution >= 4 is 17.5 Å². The van der Waals surface area contributed by atoms with E-state index in [4.69, 9.17) is 11.6 Å². The molecule has 6 heteroatoms. The third kappa shape index (κ3) is 4.72. The number of hydrogen-bond donors (Lipinski definition) is 0. The maximum Gasteiger partial charge on any atom is 0.273 e. The standard InChI is InChI=1S/C14H23ClN4O/c1-10(2)13-16-9-11(15)12(17-13)14(20)19(5)8-6-7-18(3)4/h9-10H,6-8H2,1-5H3. The summed E-state index contributed by atoms with van der Waals surface area (Å²) < 4.78 is 0. The van der Waals surface area contributed by atoms with Crippen LogP contribution in [0.4, 0.5) is 0 Å². The molecule has 112 valence electrons. The maximum atomic E-state index is 12.4. The van der Waals surface area contributed by atoms with Crippen LogP contribution in [-0.2, 0) is 0 Å². The van der Waals surface area contributed by atoms with Gasteiger partial charge in [0.2, 0.25) is 0 Å². The first kappa shape index (κ1) is 16.9. The molecule has 0 aliphatic rings. The van der Waals surface area contributed by atoms with Crippen molar-refractivity contribution in [3.8, 4) is 0 Å². The molecular weight excluding hydrogens is 276 g/mol. The van der Waals surface area contributed by atoms with Gasteiger partial charge in [-0.3, -0.25) is 4.79 Å². The van der Waals surface area contributed by atoms with Gasteiger partial charge in [0.15, 0.2) is 5.69 Å². The van der Waals surface area contributed by atoms with Gasteiger partial charge in [-0.2, -0.15) is 0 Å². The monoisotopic (exact) mass is 298 g/mol. The van der Waals surface area contributed by atoms with E-state index in [1.54, 1.807) is 11.9 Å². The number of aromatic nitrogens is 2. The van der Waals surface area contributed by atoms with E-state index in [0.29, 0.717) is 17.4 Å². The van der Waals surface area contributed by atoms with Gasteiger partial charge >= 0.3 is 0 Å². The predicted molar refractivity (Wildman–Crippen MR) is 81.3 cm³/mol. The highest BCUT2D eigenvalue weighted by Crippen LogP contribution is 2.17. The third-order valence-corrected chi connectivity index (χ3v) is 3.20.